The Bertz CT molecular complexity index is 434. The van der Waals surface area contributed by atoms with Crippen molar-refractivity contribution in [3.8, 4) is 0 Å². The van der Waals surface area contributed by atoms with Crippen LogP contribution >= 0.6 is 23.2 Å². The Balaban J connectivity index is 2.03. The first-order chi connectivity index (χ1) is 8.66. The average Bonchev–Trinajstić information content (AvgIpc) is 2.62. The minimum atomic E-state index is -0.287. The summed E-state index contributed by atoms with van der Waals surface area (Å²) in [4.78, 5) is 12.0. The number of hydrogen-bond donors (Lipinski definition) is 2. The van der Waals surface area contributed by atoms with E-state index in [4.69, 9.17) is 27.9 Å². The quantitative estimate of drug-likeness (QED) is 0.835. The van der Waals surface area contributed by atoms with Gasteiger partial charge < -0.3 is 10.1 Å². The van der Waals surface area contributed by atoms with Crippen LogP contribution in [0.4, 0.5) is 10.5 Å². The minimum absolute atomic E-state index is 0.287. The van der Waals surface area contributed by atoms with Crippen LogP contribution in [0.2, 0.25) is 10.0 Å². The highest BCUT2D eigenvalue weighted by molar-refractivity contribution is 6.35. The molecular formula is C11H13Cl2N3O2. The molecule has 5 nitrogen and oxygen atoms in total. The van der Waals surface area contributed by atoms with E-state index >= 15 is 0 Å². The molecule has 0 saturated carbocycles. The number of urea groups is 1. The maximum atomic E-state index is 12.0. The van der Waals surface area contributed by atoms with Gasteiger partial charge in [0.25, 0.3) is 0 Å². The normalized spacial score (nSPS) is 16.2. The fourth-order valence-electron chi connectivity index (χ4n) is 1.54. The van der Waals surface area contributed by atoms with Crippen molar-refractivity contribution in [2.24, 2.45) is 0 Å². The summed E-state index contributed by atoms with van der Waals surface area (Å²) in [6, 6.07) is 4.62. The van der Waals surface area contributed by atoms with Gasteiger partial charge in [0, 0.05) is 11.6 Å². The molecule has 1 aliphatic rings. The molecule has 1 aliphatic heterocycles. The summed E-state index contributed by atoms with van der Waals surface area (Å²) in [6.45, 7) is 2.16. The van der Waals surface area contributed by atoms with Crippen molar-refractivity contribution in [1.29, 1.82) is 0 Å². The van der Waals surface area contributed by atoms with E-state index in [2.05, 4.69) is 10.7 Å². The zero-order valence-corrected chi connectivity index (χ0v) is 11.1. The van der Waals surface area contributed by atoms with E-state index < -0.39 is 0 Å². The monoisotopic (exact) mass is 289 g/mol. The Kier molecular flexibility index (Phi) is 4.66. The van der Waals surface area contributed by atoms with Gasteiger partial charge in [0.05, 0.1) is 30.5 Å². The molecule has 1 fully saturated rings. The second-order valence-corrected chi connectivity index (χ2v) is 4.57. The van der Waals surface area contributed by atoms with Crippen molar-refractivity contribution in [3.63, 3.8) is 0 Å². The van der Waals surface area contributed by atoms with Gasteiger partial charge in [-0.15, -0.1) is 0 Å². The van der Waals surface area contributed by atoms with Crippen molar-refractivity contribution in [3.05, 3.63) is 28.2 Å². The molecule has 1 saturated heterocycles. The first-order valence-electron chi connectivity index (χ1n) is 5.51. The van der Waals surface area contributed by atoms with Crippen molar-refractivity contribution >= 4 is 34.9 Å². The summed E-state index contributed by atoms with van der Waals surface area (Å²) in [5.74, 6) is 0. The first kappa shape index (κ1) is 13.4. The maximum absolute atomic E-state index is 12.0. The van der Waals surface area contributed by atoms with Crippen LogP contribution in [0.15, 0.2) is 18.2 Å². The highest BCUT2D eigenvalue weighted by atomic mass is 35.5. The number of hydrazine groups is 1. The van der Waals surface area contributed by atoms with Gasteiger partial charge in [0.1, 0.15) is 0 Å². The zero-order valence-electron chi connectivity index (χ0n) is 9.58. The molecule has 2 amide bonds. The lowest BCUT2D eigenvalue weighted by Crippen LogP contribution is -2.45. The number of rotatable bonds is 1. The van der Waals surface area contributed by atoms with Crippen LogP contribution in [-0.4, -0.2) is 37.3 Å². The molecule has 1 heterocycles. The molecule has 0 atom stereocenters. The van der Waals surface area contributed by atoms with E-state index in [-0.39, 0.29) is 6.03 Å². The first-order valence-corrected chi connectivity index (χ1v) is 6.27. The Labute approximate surface area is 115 Å². The largest absolute Gasteiger partial charge is 0.378 e. The van der Waals surface area contributed by atoms with Crippen molar-refractivity contribution in [1.82, 2.24) is 10.4 Å². The zero-order chi connectivity index (χ0) is 13.0. The standard InChI is InChI=1S/C11H13Cl2N3O2/c12-8-1-2-9(13)10(7-8)15-11(17)16-4-6-18-5-3-14-16/h1-2,7,14H,3-6H2,(H,15,17). The molecule has 0 spiro atoms. The summed E-state index contributed by atoms with van der Waals surface area (Å²) >= 11 is 11.8. The third-order valence-electron chi connectivity index (χ3n) is 2.42. The molecule has 0 aromatic heterocycles. The number of nitrogens with one attached hydrogen (secondary N) is 2. The van der Waals surface area contributed by atoms with Crippen LogP contribution in [0.3, 0.4) is 0 Å². The van der Waals surface area contributed by atoms with Gasteiger partial charge in [-0.3, -0.25) is 5.01 Å². The van der Waals surface area contributed by atoms with E-state index in [1.54, 1.807) is 18.2 Å². The van der Waals surface area contributed by atoms with Crippen LogP contribution in [0.5, 0.6) is 0 Å². The SMILES string of the molecule is O=C(Nc1cc(Cl)ccc1Cl)N1CCOCCN1. The number of hydrogen-bond acceptors (Lipinski definition) is 3. The summed E-state index contributed by atoms with van der Waals surface area (Å²) in [6.07, 6.45) is 0. The van der Waals surface area contributed by atoms with Crippen molar-refractivity contribution < 1.29 is 9.53 Å². The Morgan fingerprint density at radius 1 is 1.39 bits per heavy atom. The number of amides is 2. The lowest BCUT2D eigenvalue weighted by atomic mass is 10.3. The highest BCUT2D eigenvalue weighted by Crippen LogP contribution is 2.25. The van der Waals surface area contributed by atoms with Gasteiger partial charge in [-0.2, -0.15) is 0 Å². The topological polar surface area (TPSA) is 53.6 Å². The molecule has 1 aromatic rings. The number of nitrogens with zero attached hydrogens (tertiary/aromatic N) is 1. The Morgan fingerprint density at radius 2 is 2.22 bits per heavy atom. The molecule has 98 valence electrons. The van der Waals surface area contributed by atoms with Gasteiger partial charge in [-0.1, -0.05) is 23.2 Å². The third-order valence-corrected chi connectivity index (χ3v) is 2.99. The molecule has 2 rings (SSSR count). The minimum Gasteiger partial charge on any atom is -0.378 e. The fourth-order valence-corrected chi connectivity index (χ4v) is 1.88. The van der Waals surface area contributed by atoms with E-state index in [0.717, 1.165) is 0 Å². The van der Waals surface area contributed by atoms with Crippen LogP contribution < -0.4 is 10.7 Å². The summed E-state index contributed by atoms with van der Waals surface area (Å²) < 4.78 is 5.24. The van der Waals surface area contributed by atoms with Crippen LogP contribution in [0.25, 0.3) is 0 Å². The molecule has 0 unspecified atom stereocenters. The molecule has 0 bridgehead atoms. The number of ether oxygens (including phenoxy) is 1. The van der Waals surface area contributed by atoms with E-state index in [1.165, 1.54) is 5.01 Å². The number of halogens is 2. The average molecular weight is 290 g/mol. The number of benzene rings is 1. The number of anilines is 1. The molecular weight excluding hydrogens is 277 g/mol. The third kappa shape index (κ3) is 3.49. The van der Waals surface area contributed by atoms with Gasteiger partial charge in [0.15, 0.2) is 0 Å². The van der Waals surface area contributed by atoms with Crippen LogP contribution in [-0.2, 0) is 4.74 Å². The highest BCUT2D eigenvalue weighted by Gasteiger charge is 2.16. The van der Waals surface area contributed by atoms with Crippen LogP contribution in [0, 0.1) is 0 Å². The lowest BCUT2D eigenvalue weighted by Gasteiger charge is -2.21. The van der Waals surface area contributed by atoms with E-state index in [1.807, 2.05) is 0 Å². The molecule has 2 N–H and O–H groups in total. The molecule has 7 heteroatoms. The van der Waals surface area contributed by atoms with Gasteiger partial charge in [-0.25, -0.2) is 10.2 Å². The van der Waals surface area contributed by atoms with Gasteiger partial charge in [0.2, 0.25) is 0 Å². The van der Waals surface area contributed by atoms with Crippen molar-refractivity contribution in [2.45, 2.75) is 0 Å². The summed E-state index contributed by atoms with van der Waals surface area (Å²) in [5.41, 5.74) is 3.44. The van der Waals surface area contributed by atoms with E-state index in [0.29, 0.717) is 42.0 Å². The Morgan fingerprint density at radius 3 is 3.06 bits per heavy atom. The maximum Gasteiger partial charge on any atom is 0.336 e. The molecule has 1 aromatic carbocycles. The number of carbonyl (C=O) groups excluding carboxylic acids is 1. The molecule has 0 aliphatic carbocycles. The van der Waals surface area contributed by atoms with Gasteiger partial charge in [-0.05, 0) is 18.2 Å². The smallest absolute Gasteiger partial charge is 0.336 e. The predicted octanol–water partition coefficient (Wildman–Crippen LogP) is 2.36. The molecule has 0 radical (unpaired) electrons. The van der Waals surface area contributed by atoms with Gasteiger partial charge >= 0.3 is 6.03 Å². The fraction of sp³-hybridized carbons (Fsp3) is 0.364. The lowest BCUT2D eigenvalue weighted by molar-refractivity contribution is 0.147. The van der Waals surface area contributed by atoms with Crippen LogP contribution in [0.1, 0.15) is 0 Å². The number of carbonyl (C=O) groups is 1. The van der Waals surface area contributed by atoms with Crippen molar-refractivity contribution in [2.75, 3.05) is 31.6 Å². The Hall–Kier alpha value is -1.01. The summed E-state index contributed by atoms with van der Waals surface area (Å²) in [5, 5.41) is 5.12. The summed E-state index contributed by atoms with van der Waals surface area (Å²) in [7, 11) is 0. The second kappa shape index (κ2) is 6.24. The predicted molar refractivity (Wildman–Crippen MR) is 71.0 cm³/mol. The van der Waals surface area contributed by atoms with E-state index in [9.17, 15) is 4.79 Å². The second-order valence-electron chi connectivity index (χ2n) is 3.73. The molecule has 18 heavy (non-hydrogen) atoms.